The Morgan fingerprint density at radius 3 is 2.35 bits per heavy atom. The zero-order chi connectivity index (χ0) is 14.4. The van der Waals surface area contributed by atoms with Crippen LogP contribution in [0.25, 0.3) is 0 Å². The van der Waals surface area contributed by atoms with Crippen molar-refractivity contribution in [3.63, 3.8) is 0 Å². The maximum atomic E-state index is 9.68. The lowest BCUT2D eigenvalue weighted by Gasteiger charge is -2.08. The molecule has 0 atom stereocenters. The van der Waals surface area contributed by atoms with Crippen LogP contribution in [0.2, 0.25) is 0 Å². The summed E-state index contributed by atoms with van der Waals surface area (Å²) < 4.78 is 5.00. The monoisotopic (exact) mass is 273 g/mol. The van der Waals surface area contributed by atoms with Crippen LogP contribution in [-0.4, -0.2) is 23.9 Å². The lowest BCUT2D eigenvalue weighted by atomic mass is 10.1. The molecule has 106 valence electrons. The minimum absolute atomic E-state index is 0.158. The van der Waals surface area contributed by atoms with E-state index in [0.29, 0.717) is 12.3 Å². The number of aromatic hydroxyl groups is 2. The highest BCUT2D eigenvalue weighted by atomic mass is 16.5. The minimum atomic E-state index is 0.158. The highest BCUT2D eigenvalue weighted by Crippen LogP contribution is 2.25. The van der Waals surface area contributed by atoms with Gasteiger partial charge in [0.1, 0.15) is 5.75 Å². The molecular weight excluding hydrogens is 254 g/mol. The van der Waals surface area contributed by atoms with E-state index in [9.17, 15) is 10.2 Å². The maximum absolute atomic E-state index is 9.68. The number of ether oxygens (including phenoxy) is 1. The molecule has 0 amide bonds. The lowest BCUT2D eigenvalue weighted by molar-refractivity contribution is 0.373. The Balaban J connectivity index is 1.78. The van der Waals surface area contributed by atoms with Crippen LogP contribution in [0.1, 0.15) is 11.1 Å². The first-order valence-corrected chi connectivity index (χ1v) is 6.53. The lowest BCUT2D eigenvalue weighted by Crippen LogP contribution is -2.16. The number of hydrogen-bond donors (Lipinski definition) is 3. The molecule has 2 aromatic carbocycles. The van der Waals surface area contributed by atoms with E-state index in [0.717, 1.165) is 18.5 Å². The Hall–Kier alpha value is -2.20. The van der Waals surface area contributed by atoms with Crippen LogP contribution in [-0.2, 0) is 13.0 Å². The molecular formula is C16H19NO3. The van der Waals surface area contributed by atoms with Crippen LogP contribution in [0.5, 0.6) is 17.2 Å². The molecule has 0 aliphatic rings. The van der Waals surface area contributed by atoms with Crippen LogP contribution in [0.4, 0.5) is 0 Å². The van der Waals surface area contributed by atoms with Gasteiger partial charge in [-0.05, 0) is 48.4 Å². The summed E-state index contributed by atoms with van der Waals surface area (Å²) in [5.74, 6) is 0.929. The molecule has 0 aliphatic heterocycles. The molecule has 2 rings (SSSR count). The molecule has 0 aromatic heterocycles. The van der Waals surface area contributed by atoms with Crippen molar-refractivity contribution in [1.82, 2.24) is 5.32 Å². The second kappa shape index (κ2) is 6.82. The van der Waals surface area contributed by atoms with E-state index in [-0.39, 0.29) is 11.5 Å². The summed E-state index contributed by atoms with van der Waals surface area (Å²) in [5.41, 5.74) is 2.18. The molecule has 0 spiro atoms. The van der Waals surface area contributed by atoms with Crippen molar-refractivity contribution in [3.05, 3.63) is 53.6 Å². The molecule has 0 saturated carbocycles. The fraction of sp³-hybridized carbons (Fsp3) is 0.250. The Morgan fingerprint density at radius 2 is 1.70 bits per heavy atom. The number of benzene rings is 2. The van der Waals surface area contributed by atoms with Crippen LogP contribution in [0, 0.1) is 0 Å². The van der Waals surface area contributed by atoms with Crippen molar-refractivity contribution in [2.75, 3.05) is 13.7 Å². The molecule has 0 heterocycles. The van der Waals surface area contributed by atoms with Gasteiger partial charge < -0.3 is 20.3 Å². The Bertz CT molecular complexity index is 552. The van der Waals surface area contributed by atoms with Crippen LogP contribution in [0.15, 0.2) is 42.5 Å². The standard InChI is InChI=1S/C16H19NO3/c1-20-16-7-4-13(10-15(16)19)11-17-9-8-12-2-5-14(18)6-3-12/h2-7,10,17-19H,8-9,11H2,1H3. The van der Waals surface area contributed by atoms with Crippen LogP contribution in [0.3, 0.4) is 0 Å². The molecule has 0 radical (unpaired) electrons. The van der Waals surface area contributed by atoms with Crippen molar-refractivity contribution in [1.29, 1.82) is 0 Å². The number of hydrogen-bond acceptors (Lipinski definition) is 4. The van der Waals surface area contributed by atoms with Crippen molar-refractivity contribution < 1.29 is 14.9 Å². The van der Waals surface area contributed by atoms with Gasteiger partial charge in [0.05, 0.1) is 7.11 Å². The highest BCUT2D eigenvalue weighted by Gasteiger charge is 2.02. The Labute approximate surface area is 118 Å². The van der Waals surface area contributed by atoms with Gasteiger partial charge >= 0.3 is 0 Å². The molecule has 3 N–H and O–H groups in total. The van der Waals surface area contributed by atoms with Crippen molar-refractivity contribution in [2.24, 2.45) is 0 Å². The van der Waals surface area contributed by atoms with Gasteiger partial charge in [-0.3, -0.25) is 0 Å². The molecule has 0 bridgehead atoms. The molecule has 0 saturated heterocycles. The van der Waals surface area contributed by atoms with E-state index >= 15 is 0 Å². The number of phenolic OH excluding ortho intramolecular Hbond substituents is 2. The quantitative estimate of drug-likeness (QED) is 0.707. The van der Waals surface area contributed by atoms with Crippen molar-refractivity contribution >= 4 is 0 Å². The molecule has 4 heteroatoms. The number of phenols is 2. The summed E-state index contributed by atoms with van der Waals surface area (Å²) in [6.07, 6.45) is 0.891. The minimum Gasteiger partial charge on any atom is -0.508 e. The van der Waals surface area contributed by atoms with Crippen LogP contribution < -0.4 is 10.1 Å². The predicted molar refractivity (Wildman–Crippen MR) is 78.2 cm³/mol. The van der Waals surface area contributed by atoms with Gasteiger partial charge in [-0.1, -0.05) is 18.2 Å². The van der Waals surface area contributed by atoms with Gasteiger partial charge in [0.15, 0.2) is 11.5 Å². The SMILES string of the molecule is COc1ccc(CNCCc2ccc(O)cc2)cc1O. The fourth-order valence-electron chi connectivity index (χ4n) is 1.97. The van der Waals surface area contributed by atoms with E-state index in [1.807, 2.05) is 18.2 Å². The average Bonchev–Trinajstić information content (AvgIpc) is 2.46. The summed E-state index contributed by atoms with van der Waals surface area (Å²) in [5, 5.41) is 22.2. The van der Waals surface area contributed by atoms with E-state index in [4.69, 9.17) is 4.74 Å². The number of rotatable bonds is 6. The van der Waals surface area contributed by atoms with Crippen molar-refractivity contribution in [2.45, 2.75) is 13.0 Å². The molecule has 0 aliphatic carbocycles. The van der Waals surface area contributed by atoms with Gasteiger partial charge in [0.2, 0.25) is 0 Å². The largest absolute Gasteiger partial charge is 0.508 e. The summed E-state index contributed by atoms with van der Waals surface area (Å²) in [7, 11) is 1.53. The third-order valence-electron chi connectivity index (χ3n) is 3.10. The van der Waals surface area contributed by atoms with E-state index < -0.39 is 0 Å². The zero-order valence-corrected chi connectivity index (χ0v) is 11.5. The van der Waals surface area contributed by atoms with Gasteiger partial charge in [-0.2, -0.15) is 0 Å². The molecule has 2 aromatic rings. The number of methoxy groups -OCH3 is 1. The normalized spacial score (nSPS) is 10.4. The predicted octanol–water partition coefficient (Wildman–Crippen LogP) is 2.44. The molecule has 0 fully saturated rings. The first kappa shape index (κ1) is 14.2. The summed E-state index contributed by atoms with van der Waals surface area (Å²) in [4.78, 5) is 0. The van der Waals surface area contributed by atoms with E-state index in [1.165, 1.54) is 12.7 Å². The Morgan fingerprint density at radius 1 is 1.00 bits per heavy atom. The Kier molecular flexibility index (Phi) is 4.85. The first-order valence-electron chi connectivity index (χ1n) is 6.53. The highest BCUT2D eigenvalue weighted by molar-refractivity contribution is 5.41. The van der Waals surface area contributed by atoms with E-state index in [1.54, 1.807) is 24.3 Å². The smallest absolute Gasteiger partial charge is 0.160 e. The van der Waals surface area contributed by atoms with Crippen LogP contribution >= 0.6 is 0 Å². The maximum Gasteiger partial charge on any atom is 0.160 e. The second-order valence-electron chi connectivity index (χ2n) is 4.60. The van der Waals surface area contributed by atoms with Gasteiger partial charge in [0.25, 0.3) is 0 Å². The third kappa shape index (κ3) is 3.90. The summed E-state index contributed by atoms with van der Waals surface area (Å²) >= 11 is 0. The molecule has 4 nitrogen and oxygen atoms in total. The van der Waals surface area contributed by atoms with E-state index in [2.05, 4.69) is 5.32 Å². The van der Waals surface area contributed by atoms with Gasteiger partial charge in [0, 0.05) is 6.54 Å². The van der Waals surface area contributed by atoms with Gasteiger partial charge in [-0.25, -0.2) is 0 Å². The number of nitrogens with one attached hydrogen (secondary N) is 1. The zero-order valence-electron chi connectivity index (χ0n) is 11.5. The van der Waals surface area contributed by atoms with Gasteiger partial charge in [-0.15, -0.1) is 0 Å². The average molecular weight is 273 g/mol. The summed E-state index contributed by atoms with van der Waals surface area (Å²) in [6, 6.07) is 12.6. The third-order valence-corrected chi connectivity index (χ3v) is 3.10. The van der Waals surface area contributed by atoms with Crippen molar-refractivity contribution in [3.8, 4) is 17.2 Å². The first-order chi connectivity index (χ1) is 9.69. The summed E-state index contributed by atoms with van der Waals surface area (Å²) in [6.45, 7) is 1.52. The molecule has 20 heavy (non-hydrogen) atoms. The topological polar surface area (TPSA) is 61.7 Å². The fourth-order valence-corrected chi connectivity index (χ4v) is 1.97. The second-order valence-corrected chi connectivity index (χ2v) is 4.60. The molecule has 0 unspecified atom stereocenters.